The standard InChI is InChI=1S/C14H18ClFN2O2/c1-9(2)5-6-17-13(19)8-18-14(20)11-7-10(15)3-4-12(11)16/h3-4,7,9H,5-6,8H2,1-2H3,(H,17,19)(H,18,20). The Morgan fingerprint density at radius 1 is 1.30 bits per heavy atom. The second-order valence-corrected chi connectivity index (χ2v) is 5.28. The van der Waals surface area contributed by atoms with Crippen molar-refractivity contribution in [3.05, 3.63) is 34.6 Å². The Bertz CT molecular complexity index is 492. The maximum Gasteiger partial charge on any atom is 0.254 e. The number of rotatable bonds is 6. The smallest absolute Gasteiger partial charge is 0.254 e. The second kappa shape index (κ2) is 7.85. The summed E-state index contributed by atoms with van der Waals surface area (Å²) in [7, 11) is 0. The van der Waals surface area contributed by atoms with E-state index < -0.39 is 11.7 Å². The van der Waals surface area contributed by atoms with Gasteiger partial charge in [-0.1, -0.05) is 25.4 Å². The predicted octanol–water partition coefficient (Wildman–Crippen LogP) is 2.37. The Morgan fingerprint density at radius 2 is 2.00 bits per heavy atom. The Balaban J connectivity index is 2.43. The van der Waals surface area contributed by atoms with Crippen LogP contribution in [0.1, 0.15) is 30.6 Å². The first-order valence-corrected chi connectivity index (χ1v) is 6.78. The number of halogens is 2. The summed E-state index contributed by atoms with van der Waals surface area (Å²) in [6, 6.07) is 3.69. The molecule has 0 bridgehead atoms. The zero-order chi connectivity index (χ0) is 15.1. The van der Waals surface area contributed by atoms with Crippen molar-refractivity contribution in [3.63, 3.8) is 0 Å². The summed E-state index contributed by atoms with van der Waals surface area (Å²) in [5.41, 5.74) is -0.174. The van der Waals surface area contributed by atoms with Gasteiger partial charge < -0.3 is 10.6 Å². The highest BCUT2D eigenvalue weighted by molar-refractivity contribution is 6.31. The molecule has 0 atom stereocenters. The summed E-state index contributed by atoms with van der Waals surface area (Å²) in [6.45, 7) is 4.46. The van der Waals surface area contributed by atoms with Gasteiger partial charge in [-0.3, -0.25) is 9.59 Å². The first-order valence-electron chi connectivity index (χ1n) is 6.40. The summed E-state index contributed by atoms with van der Waals surface area (Å²) in [6.07, 6.45) is 0.864. The minimum atomic E-state index is -0.674. The van der Waals surface area contributed by atoms with E-state index >= 15 is 0 Å². The molecule has 2 amide bonds. The summed E-state index contributed by atoms with van der Waals surface area (Å²) >= 11 is 5.70. The monoisotopic (exact) mass is 300 g/mol. The van der Waals surface area contributed by atoms with Crippen molar-refractivity contribution in [1.29, 1.82) is 0 Å². The van der Waals surface area contributed by atoms with Crippen molar-refractivity contribution >= 4 is 23.4 Å². The molecule has 0 saturated carbocycles. The minimum absolute atomic E-state index is 0.174. The predicted molar refractivity (Wildman–Crippen MR) is 76.2 cm³/mol. The van der Waals surface area contributed by atoms with Gasteiger partial charge in [0.1, 0.15) is 5.82 Å². The maximum absolute atomic E-state index is 13.4. The van der Waals surface area contributed by atoms with Gasteiger partial charge >= 0.3 is 0 Å². The largest absolute Gasteiger partial charge is 0.355 e. The summed E-state index contributed by atoms with van der Waals surface area (Å²) in [4.78, 5) is 23.2. The minimum Gasteiger partial charge on any atom is -0.355 e. The SMILES string of the molecule is CC(C)CCNC(=O)CNC(=O)c1cc(Cl)ccc1F. The van der Waals surface area contributed by atoms with E-state index in [0.717, 1.165) is 12.5 Å². The molecule has 1 rings (SSSR count). The van der Waals surface area contributed by atoms with Crippen LogP contribution in [-0.4, -0.2) is 24.9 Å². The van der Waals surface area contributed by atoms with Crippen LogP contribution in [0.2, 0.25) is 5.02 Å². The molecule has 0 unspecified atom stereocenters. The third kappa shape index (κ3) is 5.57. The topological polar surface area (TPSA) is 58.2 Å². The van der Waals surface area contributed by atoms with Gasteiger partial charge in [-0.2, -0.15) is 0 Å². The van der Waals surface area contributed by atoms with Crippen molar-refractivity contribution in [2.45, 2.75) is 20.3 Å². The number of hydrogen-bond donors (Lipinski definition) is 2. The van der Waals surface area contributed by atoms with Crippen LogP contribution >= 0.6 is 11.6 Å². The number of carbonyl (C=O) groups excluding carboxylic acids is 2. The van der Waals surface area contributed by atoms with Crippen molar-refractivity contribution in [2.75, 3.05) is 13.1 Å². The lowest BCUT2D eigenvalue weighted by Crippen LogP contribution is -2.37. The molecule has 20 heavy (non-hydrogen) atoms. The van der Waals surface area contributed by atoms with Crippen LogP contribution in [0.5, 0.6) is 0 Å². The molecule has 0 saturated heterocycles. The fraction of sp³-hybridized carbons (Fsp3) is 0.429. The molecule has 0 fully saturated rings. The Kier molecular flexibility index (Phi) is 6.45. The molecule has 1 aromatic carbocycles. The van der Waals surface area contributed by atoms with Gasteiger partial charge in [-0.25, -0.2) is 4.39 Å². The third-order valence-electron chi connectivity index (χ3n) is 2.63. The molecular formula is C14H18ClFN2O2. The number of amides is 2. The second-order valence-electron chi connectivity index (χ2n) is 4.84. The summed E-state index contributed by atoms with van der Waals surface area (Å²) in [5.74, 6) is -1.15. The van der Waals surface area contributed by atoms with Crippen molar-refractivity contribution in [2.24, 2.45) is 5.92 Å². The molecule has 110 valence electrons. The first-order chi connectivity index (χ1) is 9.40. The lowest BCUT2D eigenvalue weighted by molar-refractivity contribution is -0.120. The van der Waals surface area contributed by atoms with E-state index in [9.17, 15) is 14.0 Å². The average molecular weight is 301 g/mol. The molecule has 0 aliphatic heterocycles. The molecule has 0 aliphatic rings. The highest BCUT2D eigenvalue weighted by Crippen LogP contribution is 2.14. The van der Waals surface area contributed by atoms with E-state index in [2.05, 4.69) is 24.5 Å². The van der Waals surface area contributed by atoms with Crippen molar-refractivity contribution in [1.82, 2.24) is 10.6 Å². The molecule has 0 radical (unpaired) electrons. The van der Waals surface area contributed by atoms with Gasteiger partial charge in [0.25, 0.3) is 5.91 Å². The molecule has 0 heterocycles. The number of hydrogen-bond acceptors (Lipinski definition) is 2. The van der Waals surface area contributed by atoms with Gasteiger partial charge in [0, 0.05) is 11.6 Å². The molecule has 1 aromatic rings. The van der Waals surface area contributed by atoms with Crippen LogP contribution < -0.4 is 10.6 Å². The van der Waals surface area contributed by atoms with Crippen LogP contribution in [0, 0.1) is 11.7 Å². The van der Waals surface area contributed by atoms with Crippen LogP contribution in [0.3, 0.4) is 0 Å². The molecule has 6 heteroatoms. The Morgan fingerprint density at radius 3 is 2.65 bits per heavy atom. The molecule has 0 spiro atoms. The van der Waals surface area contributed by atoms with E-state index in [1.165, 1.54) is 12.1 Å². The van der Waals surface area contributed by atoms with E-state index in [0.29, 0.717) is 12.5 Å². The van der Waals surface area contributed by atoms with E-state index in [1.54, 1.807) is 0 Å². The van der Waals surface area contributed by atoms with E-state index in [-0.39, 0.29) is 23.0 Å². The van der Waals surface area contributed by atoms with Crippen LogP contribution in [0.4, 0.5) is 4.39 Å². The molecular weight excluding hydrogens is 283 g/mol. The normalized spacial score (nSPS) is 10.4. The van der Waals surface area contributed by atoms with Crippen LogP contribution in [0.25, 0.3) is 0 Å². The zero-order valence-corrected chi connectivity index (χ0v) is 12.3. The van der Waals surface area contributed by atoms with Gasteiger partial charge in [0.2, 0.25) is 5.91 Å². The first kappa shape index (κ1) is 16.4. The highest BCUT2D eigenvalue weighted by atomic mass is 35.5. The average Bonchev–Trinajstić information content (AvgIpc) is 2.38. The number of carbonyl (C=O) groups is 2. The van der Waals surface area contributed by atoms with Crippen molar-refractivity contribution < 1.29 is 14.0 Å². The lowest BCUT2D eigenvalue weighted by atomic mass is 10.1. The van der Waals surface area contributed by atoms with E-state index in [1.807, 2.05) is 0 Å². The van der Waals surface area contributed by atoms with Crippen LogP contribution in [0.15, 0.2) is 18.2 Å². The fourth-order valence-corrected chi connectivity index (χ4v) is 1.66. The van der Waals surface area contributed by atoms with Gasteiger partial charge in [0.15, 0.2) is 0 Å². The lowest BCUT2D eigenvalue weighted by Gasteiger charge is -2.09. The molecule has 4 nitrogen and oxygen atoms in total. The molecule has 2 N–H and O–H groups in total. The maximum atomic E-state index is 13.4. The quantitative estimate of drug-likeness (QED) is 0.847. The summed E-state index contributed by atoms with van der Waals surface area (Å²) in [5, 5.41) is 5.29. The number of nitrogens with one attached hydrogen (secondary N) is 2. The van der Waals surface area contributed by atoms with Gasteiger partial charge in [-0.05, 0) is 30.5 Å². The Hall–Kier alpha value is -1.62. The highest BCUT2D eigenvalue weighted by Gasteiger charge is 2.13. The molecule has 0 aliphatic carbocycles. The van der Waals surface area contributed by atoms with E-state index in [4.69, 9.17) is 11.6 Å². The van der Waals surface area contributed by atoms with Gasteiger partial charge in [0.05, 0.1) is 12.1 Å². The van der Waals surface area contributed by atoms with Gasteiger partial charge in [-0.15, -0.1) is 0 Å². The fourth-order valence-electron chi connectivity index (χ4n) is 1.49. The number of benzene rings is 1. The summed E-state index contributed by atoms with van der Waals surface area (Å²) < 4.78 is 13.4. The van der Waals surface area contributed by atoms with Crippen LogP contribution in [-0.2, 0) is 4.79 Å². The van der Waals surface area contributed by atoms with Crippen molar-refractivity contribution in [3.8, 4) is 0 Å². The third-order valence-corrected chi connectivity index (χ3v) is 2.86. The Labute approximate surface area is 122 Å². The zero-order valence-electron chi connectivity index (χ0n) is 11.5. The molecule has 0 aromatic heterocycles.